The van der Waals surface area contributed by atoms with Crippen LogP contribution in [-0.4, -0.2) is 24.4 Å². The molecular formula is C9H10BrClN2O2. The van der Waals surface area contributed by atoms with Gasteiger partial charge in [-0.05, 0) is 12.1 Å². The lowest BCUT2D eigenvalue weighted by atomic mass is 10.2. The summed E-state index contributed by atoms with van der Waals surface area (Å²) in [7, 11) is 1.78. The Bertz CT molecular complexity index is 373. The van der Waals surface area contributed by atoms with Crippen LogP contribution in [0.4, 0.5) is 11.4 Å². The quantitative estimate of drug-likeness (QED) is 0.487. The average Bonchev–Trinajstić information content (AvgIpc) is 2.17. The zero-order valence-electron chi connectivity index (χ0n) is 8.11. The summed E-state index contributed by atoms with van der Waals surface area (Å²) in [6.45, 7) is 0.573. The molecule has 0 unspecified atom stereocenters. The third kappa shape index (κ3) is 3.07. The zero-order valence-corrected chi connectivity index (χ0v) is 10.5. The first-order valence-electron chi connectivity index (χ1n) is 4.27. The molecule has 6 heteroatoms. The molecule has 1 aromatic rings. The monoisotopic (exact) mass is 292 g/mol. The lowest BCUT2D eigenvalue weighted by Crippen LogP contribution is -2.20. The Hall–Kier alpha value is -0.810. The maximum atomic E-state index is 10.8. The second-order valence-corrected chi connectivity index (χ2v) is 4.29. The van der Waals surface area contributed by atoms with Crippen molar-refractivity contribution in [1.82, 2.24) is 0 Å². The van der Waals surface area contributed by atoms with Crippen molar-refractivity contribution in [3.05, 3.63) is 32.8 Å². The van der Waals surface area contributed by atoms with E-state index in [1.165, 1.54) is 6.07 Å². The highest BCUT2D eigenvalue weighted by molar-refractivity contribution is 9.10. The molecule has 0 aliphatic heterocycles. The first kappa shape index (κ1) is 12.3. The Morgan fingerprint density at radius 1 is 1.60 bits per heavy atom. The molecule has 0 amide bonds. The number of alkyl halides is 1. The van der Waals surface area contributed by atoms with Gasteiger partial charge < -0.3 is 4.90 Å². The summed E-state index contributed by atoms with van der Waals surface area (Å²) in [4.78, 5) is 12.2. The van der Waals surface area contributed by atoms with Crippen molar-refractivity contribution in [3.8, 4) is 0 Å². The van der Waals surface area contributed by atoms with Crippen LogP contribution < -0.4 is 4.90 Å². The Kier molecular flexibility index (Phi) is 4.35. The van der Waals surface area contributed by atoms with Gasteiger partial charge in [-0.25, -0.2) is 0 Å². The number of anilines is 1. The molecule has 0 heterocycles. The number of nitrogens with zero attached hydrogens (tertiary/aromatic N) is 2. The molecule has 1 aromatic carbocycles. The van der Waals surface area contributed by atoms with E-state index in [0.29, 0.717) is 22.6 Å². The van der Waals surface area contributed by atoms with E-state index in [9.17, 15) is 10.1 Å². The fraction of sp³-hybridized carbons (Fsp3) is 0.333. The minimum absolute atomic E-state index is 0.0805. The molecule has 0 spiro atoms. The number of hydrogen-bond donors (Lipinski definition) is 0. The van der Waals surface area contributed by atoms with E-state index in [4.69, 9.17) is 11.6 Å². The van der Waals surface area contributed by atoms with Gasteiger partial charge in [0.15, 0.2) is 0 Å². The fourth-order valence-electron chi connectivity index (χ4n) is 1.21. The van der Waals surface area contributed by atoms with Crippen LogP contribution in [0.25, 0.3) is 0 Å². The van der Waals surface area contributed by atoms with E-state index in [0.717, 1.165) is 0 Å². The van der Waals surface area contributed by atoms with Crippen molar-refractivity contribution < 1.29 is 4.92 Å². The lowest BCUT2D eigenvalue weighted by molar-refractivity contribution is -0.384. The van der Waals surface area contributed by atoms with Crippen molar-refractivity contribution in [1.29, 1.82) is 0 Å². The third-order valence-electron chi connectivity index (χ3n) is 1.97. The number of rotatable bonds is 4. The molecule has 1 rings (SSSR count). The van der Waals surface area contributed by atoms with Crippen LogP contribution in [0.5, 0.6) is 0 Å². The summed E-state index contributed by atoms with van der Waals surface area (Å²) in [6, 6.07) is 4.96. The zero-order chi connectivity index (χ0) is 11.4. The SMILES string of the molecule is CN(CCCl)c1ccc(Br)cc1[N+](=O)[O-]. The molecule has 0 fully saturated rings. The van der Waals surface area contributed by atoms with Gasteiger partial charge in [-0.3, -0.25) is 10.1 Å². The first-order valence-corrected chi connectivity index (χ1v) is 5.60. The van der Waals surface area contributed by atoms with Crippen LogP contribution in [0.2, 0.25) is 0 Å². The van der Waals surface area contributed by atoms with Crippen LogP contribution >= 0.6 is 27.5 Å². The van der Waals surface area contributed by atoms with Crippen molar-refractivity contribution in [2.24, 2.45) is 0 Å². The normalized spacial score (nSPS) is 10.1. The van der Waals surface area contributed by atoms with E-state index in [1.54, 1.807) is 24.1 Å². The van der Waals surface area contributed by atoms with Gasteiger partial charge in [0, 0.05) is 30.0 Å². The summed E-state index contributed by atoms with van der Waals surface area (Å²) in [5.41, 5.74) is 0.654. The molecule has 0 aliphatic carbocycles. The Morgan fingerprint density at radius 2 is 2.27 bits per heavy atom. The summed E-state index contributed by atoms with van der Waals surface area (Å²) in [5.74, 6) is 0.434. The fourth-order valence-corrected chi connectivity index (χ4v) is 1.82. The molecule has 0 saturated heterocycles. The number of benzene rings is 1. The molecule has 0 radical (unpaired) electrons. The van der Waals surface area contributed by atoms with Gasteiger partial charge in [-0.2, -0.15) is 0 Å². The second kappa shape index (κ2) is 5.32. The molecule has 0 atom stereocenters. The van der Waals surface area contributed by atoms with Gasteiger partial charge in [0.1, 0.15) is 5.69 Å². The Morgan fingerprint density at radius 3 is 2.80 bits per heavy atom. The number of hydrogen-bond acceptors (Lipinski definition) is 3. The van der Waals surface area contributed by atoms with E-state index in [2.05, 4.69) is 15.9 Å². The van der Waals surface area contributed by atoms with Gasteiger partial charge in [-0.1, -0.05) is 15.9 Å². The van der Waals surface area contributed by atoms with Crippen molar-refractivity contribution >= 4 is 38.9 Å². The van der Waals surface area contributed by atoms with Crippen LogP contribution in [0.15, 0.2) is 22.7 Å². The third-order valence-corrected chi connectivity index (χ3v) is 2.63. The largest absolute Gasteiger partial charge is 0.368 e. The van der Waals surface area contributed by atoms with E-state index in [1.807, 2.05) is 0 Å². The van der Waals surface area contributed by atoms with Gasteiger partial charge in [-0.15, -0.1) is 11.6 Å². The van der Waals surface area contributed by atoms with Crippen LogP contribution in [0.1, 0.15) is 0 Å². The molecule has 0 aromatic heterocycles. The summed E-state index contributed by atoms with van der Waals surface area (Å²) in [6.07, 6.45) is 0. The van der Waals surface area contributed by atoms with E-state index < -0.39 is 4.92 Å². The molecule has 15 heavy (non-hydrogen) atoms. The standard InChI is InChI=1S/C9H10BrClN2O2/c1-12(5-4-11)8-3-2-7(10)6-9(8)13(14)15/h2-3,6H,4-5H2,1H3. The van der Waals surface area contributed by atoms with E-state index in [-0.39, 0.29) is 5.69 Å². The Labute approximate surface area is 101 Å². The molecule has 0 saturated carbocycles. The van der Waals surface area contributed by atoms with Crippen molar-refractivity contribution in [2.45, 2.75) is 0 Å². The summed E-state index contributed by atoms with van der Waals surface area (Å²) >= 11 is 8.79. The van der Waals surface area contributed by atoms with Gasteiger partial charge in [0.05, 0.1) is 4.92 Å². The van der Waals surface area contributed by atoms with Crippen LogP contribution in [0, 0.1) is 10.1 Å². The van der Waals surface area contributed by atoms with Gasteiger partial charge >= 0.3 is 0 Å². The topological polar surface area (TPSA) is 46.4 Å². The number of nitro groups is 1. The predicted octanol–water partition coefficient (Wildman–Crippen LogP) is 3.03. The second-order valence-electron chi connectivity index (χ2n) is 3.00. The molecule has 0 N–H and O–H groups in total. The molecule has 82 valence electrons. The van der Waals surface area contributed by atoms with Crippen LogP contribution in [-0.2, 0) is 0 Å². The minimum Gasteiger partial charge on any atom is -0.368 e. The highest BCUT2D eigenvalue weighted by Crippen LogP contribution is 2.30. The highest BCUT2D eigenvalue weighted by Gasteiger charge is 2.16. The number of nitro benzene ring substituents is 1. The van der Waals surface area contributed by atoms with Crippen molar-refractivity contribution in [3.63, 3.8) is 0 Å². The Balaban J connectivity index is 3.10. The highest BCUT2D eigenvalue weighted by atomic mass is 79.9. The minimum atomic E-state index is -0.398. The maximum Gasteiger partial charge on any atom is 0.293 e. The molecule has 0 aliphatic rings. The van der Waals surface area contributed by atoms with E-state index >= 15 is 0 Å². The first-order chi connectivity index (χ1) is 7.06. The summed E-state index contributed by atoms with van der Waals surface area (Å²) < 4.78 is 0.692. The summed E-state index contributed by atoms with van der Waals surface area (Å²) in [5, 5.41) is 10.8. The molecule has 4 nitrogen and oxygen atoms in total. The van der Waals surface area contributed by atoms with Crippen LogP contribution in [0.3, 0.4) is 0 Å². The number of halogens is 2. The smallest absolute Gasteiger partial charge is 0.293 e. The predicted molar refractivity (Wildman–Crippen MR) is 64.8 cm³/mol. The van der Waals surface area contributed by atoms with Crippen molar-refractivity contribution in [2.75, 3.05) is 24.4 Å². The van der Waals surface area contributed by atoms with Gasteiger partial charge in [0.25, 0.3) is 5.69 Å². The maximum absolute atomic E-state index is 10.8. The lowest BCUT2D eigenvalue weighted by Gasteiger charge is -2.17. The average molecular weight is 294 g/mol. The molecule has 0 bridgehead atoms. The molecular weight excluding hydrogens is 283 g/mol. The van der Waals surface area contributed by atoms with Gasteiger partial charge in [0.2, 0.25) is 0 Å².